The summed E-state index contributed by atoms with van der Waals surface area (Å²) in [5.74, 6) is 1.23. The van der Waals surface area contributed by atoms with E-state index in [0.717, 1.165) is 9.13 Å². The van der Waals surface area contributed by atoms with Gasteiger partial charge in [0.15, 0.2) is 5.82 Å². The molecule has 2 aromatic rings. The van der Waals surface area contributed by atoms with Crippen molar-refractivity contribution in [3.8, 4) is 11.4 Å². The zero-order valence-corrected chi connectivity index (χ0v) is 11.3. The lowest BCUT2D eigenvalue weighted by molar-refractivity contribution is 1.15. The minimum absolute atomic E-state index is 0.534. The third-order valence-corrected chi connectivity index (χ3v) is 3.45. The van der Waals surface area contributed by atoms with Gasteiger partial charge in [-0.2, -0.15) is 0 Å². The van der Waals surface area contributed by atoms with Crippen LogP contribution in [0.2, 0.25) is 0 Å². The second kappa shape index (κ2) is 4.37. The number of nitrogens with zero attached hydrogens (tertiary/aromatic N) is 2. The lowest BCUT2D eigenvalue weighted by Crippen LogP contribution is -1.99. The van der Waals surface area contributed by atoms with Crippen molar-refractivity contribution in [2.75, 3.05) is 5.73 Å². The summed E-state index contributed by atoms with van der Waals surface area (Å²) in [6.45, 7) is 4.15. The van der Waals surface area contributed by atoms with E-state index in [0.29, 0.717) is 11.6 Å². The molecule has 2 rings (SSSR count). The monoisotopic (exact) mass is 325 g/mol. The highest BCUT2D eigenvalue weighted by Gasteiger charge is 2.08. The van der Waals surface area contributed by atoms with Crippen molar-refractivity contribution >= 4 is 28.4 Å². The molecule has 0 spiro atoms. The van der Waals surface area contributed by atoms with Gasteiger partial charge in [-0.3, -0.25) is 0 Å². The predicted molar refractivity (Wildman–Crippen MR) is 74.1 cm³/mol. The first-order valence-corrected chi connectivity index (χ1v) is 6.02. The highest BCUT2D eigenvalue weighted by atomic mass is 127. The summed E-state index contributed by atoms with van der Waals surface area (Å²) >= 11 is 2.13. The first-order chi connectivity index (χ1) is 7.59. The topological polar surface area (TPSA) is 51.8 Å². The van der Waals surface area contributed by atoms with Gasteiger partial charge in [-0.15, -0.1) is 0 Å². The number of rotatable bonds is 1. The fraction of sp³-hybridized carbons (Fsp3) is 0.167. The Balaban J connectivity index is 2.59. The Morgan fingerprint density at radius 2 is 2.00 bits per heavy atom. The molecule has 3 nitrogen and oxygen atoms in total. The van der Waals surface area contributed by atoms with Gasteiger partial charge in [0.25, 0.3) is 0 Å². The molecule has 0 radical (unpaired) electrons. The molecule has 1 aromatic carbocycles. The Morgan fingerprint density at radius 3 is 2.69 bits per heavy atom. The molecule has 0 saturated carbocycles. The number of halogens is 1. The fourth-order valence-electron chi connectivity index (χ4n) is 1.50. The number of hydrogen-bond donors (Lipinski definition) is 1. The molecule has 1 heterocycles. The molecule has 4 heteroatoms. The van der Waals surface area contributed by atoms with Crippen LogP contribution in [0.1, 0.15) is 11.1 Å². The van der Waals surface area contributed by atoms with Crippen LogP contribution in [0.5, 0.6) is 0 Å². The summed E-state index contributed by atoms with van der Waals surface area (Å²) in [5, 5.41) is 0. The van der Waals surface area contributed by atoms with E-state index < -0.39 is 0 Å². The minimum Gasteiger partial charge on any atom is -0.383 e. The maximum absolute atomic E-state index is 5.79. The van der Waals surface area contributed by atoms with Gasteiger partial charge in [0, 0.05) is 11.8 Å². The summed E-state index contributed by atoms with van der Waals surface area (Å²) in [4.78, 5) is 8.62. The van der Waals surface area contributed by atoms with Gasteiger partial charge in [0.05, 0.1) is 3.57 Å². The second-order valence-corrected chi connectivity index (χ2v) is 4.84. The number of anilines is 1. The maximum atomic E-state index is 5.79. The van der Waals surface area contributed by atoms with Crippen molar-refractivity contribution < 1.29 is 0 Å². The Kier molecular flexibility index (Phi) is 3.09. The first-order valence-electron chi connectivity index (χ1n) is 4.94. The molecule has 1 aromatic heterocycles. The predicted octanol–water partition coefficient (Wildman–Crippen LogP) is 2.95. The van der Waals surface area contributed by atoms with Gasteiger partial charge < -0.3 is 5.73 Å². The molecule has 0 amide bonds. The highest BCUT2D eigenvalue weighted by molar-refractivity contribution is 14.1. The van der Waals surface area contributed by atoms with Gasteiger partial charge >= 0.3 is 0 Å². The third-order valence-electron chi connectivity index (χ3n) is 2.62. The smallest absolute Gasteiger partial charge is 0.161 e. The van der Waals surface area contributed by atoms with E-state index in [2.05, 4.69) is 52.5 Å². The number of benzene rings is 1. The zero-order chi connectivity index (χ0) is 11.7. The average molecular weight is 325 g/mol. The summed E-state index contributed by atoms with van der Waals surface area (Å²) in [5.41, 5.74) is 9.26. The molecule has 2 N–H and O–H groups in total. The van der Waals surface area contributed by atoms with Gasteiger partial charge in [-0.25, -0.2) is 9.97 Å². The molecule has 0 aliphatic heterocycles. The van der Waals surface area contributed by atoms with E-state index in [1.54, 1.807) is 6.20 Å². The van der Waals surface area contributed by atoms with E-state index in [1.165, 1.54) is 11.1 Å². The van der Waals surface area contributed by atoms with Crippen LogP contribution >= 0.6 is 22.6 Å². The van der Waals surface area contributed by atoms with Crippen LogP contribution in [0, 0.1) is 17.4 Å². The van der Waals surface area contributed by atoms with E-state index in [4.69, 9.17) is 5.73 Å². The lowest BCUT2D eigenvalue weighted by atomic mass is 10.0. The van der Waals surface area contributed by atoms with Gasteiger partial charge in [-0.1, -0.05) is 18.2 Å². The van der Waals surface area contributed by atoms with Gasteiger partial charge in [0.1, 0.15) is 5.82 Å². The average Bonchev–Trinajstić information content (AvgIpc) is 2.26. The van der Waals surface area contributed by atoms with E-state index >= 15 is 0 Å². The first kappa shape index (κ1) is 11.3. The van der Waals surface area contributed by atoms with Crippen molar-refractivity contribution in [2.45, 2.75) is 13.8 Å². The highest BCUT2D eigenvalue weighted by Crippen LogP contribution is 2.23. The Bertz CT molecular complexity index is 538. The van der Waals surface area contributed by atoms with Crippen LogP contribution < -0.4 is 5.73 Å². The van der Waals surface area contributed by atoms with E-state index in [9.17, 15) is 0 Å². The zero-order valence-electron chi connectivity index (χ0n) is 9.16. The maximum Gasteiger partial charge on any atom is 0.161 e. The Labute approximate surface area is 108 Å². The van der Waals surface area contributed by atoms with Crippen molar-refractivity contribution in [3.05, 3.63) is 39.1 Å². The number of hydrogen-bond acceptors (Lipinski definition) is 3. The molecule has 0 atom stereocenters. The van der Waals surface area contributed by atoms with Crippen LogP contribution in [0.4, 0.5) is 5.82 Å². The Hall–Kier alpha value is -1.17. The fourth-order valence-corrected chi connectivity index (χ4v) is 1.76. The lowest BCUT2D eigenvalue weighted by Gasteiger charge is -2.07. The largest absolute Gasteiger partial charge is 0.383 e. The molecular weight excluding hydrogens is 313 g/mol. The molecule has 0 bridgehead atoms. The van der Waals surface area contributed by atoms with E-state index in [1.807, 2.05) is 12.1 Å². The van der Waals surface area contributed by atoms with Crippen LogP contribution in [0.3, 0.4) is 0 Å². The Morgan fingerprint density at radius 1 is 1.25 bits per heavy atom. The van der Waals surface area contributed by atoms with Crippen molar-refractivity contribution in [3.63, 3.8) is 0 Å². The van der Waals surface area contributed by atoms with E-state index in [-0.39, 0.29) is 0 Å². The summed E-state index contributed by atoms with van der Waals surface area (Å²) in [7, 11) is 0. The van der Waals surface area contributed by atoms with Crippen LogP contribution in [0.25, 0.3) is 11.4 Å². The molecule has 0 fully saturated rings. The SMILES string of the molecule is Cc1cccc(-c2ncc(I)c(N)n2)c1C. The standard InChI is InChI=1S/C12H12IN3/c1-7-4-3-5-9(8(7)2)12-15-6-10(13)11(14)16-12/h3-6H,1-2H3,(H2,14,15,16). The van der Waals surface area contributed by atoms with Gasteiger partial charge in [-0.05, 0) is 47.6 Å². The van der Waals surface area contributed by atoms with Gasteiger partial charge in [0.2, 0.25) is 0 Å². The molecule has 16 heavy (non-hydrogen) atoms. The molecule has 0 saturated heterocycles. The minimum atomic E-state index is 0.534. The quantitative estimate of drug-likeness (QED) is 0.820. The number of aromatic nitrogens is 2. The molecule has 0 aliphatic rings. The van der Waals surface area contributed by atoms with Crippen LogP contribution in [-0.4, -0.2) is 9.97 Å². The normalized spacial score (nSPS) is 10.4. The van der Waals surface area contributed by atoms with Crippen LogP contribution in [-0.2, 0) is 0 Å². The molecule has 0 aliphatic carbocycles. The number of aryl methyl sites for hydroxylation is 1. The number of nitrogens with two attached hydrogens (primary N) is 1. The van der Waals surface area contributed by atoms with Crippen molar-refractivity contribution in [1.82, 2.24) is 9.97 Å². The molecule has 82 valence electrons. The third kappa shape index (κ3) is 2.02. The number of nitrogen functional groups attached to an aromatic ring is 1. The second-order valence-electron chi connectivity index (χ2n) is 3.67. The molecule has 0 unspecified atom stereocenters. The summed E-state index contributed by atoms with van der Waals surface area (Å²) < 4.78 is 0.881. The van der Waals surface area contributed by atoms with Crippen LogP contribution in [0.15, 0.2) is 24.4 Å². The summed E-state index contributed by atoms with van der Waals surface area (Å²) in [6.07, 6.45) is 1.75. The van der Waals surface area contributed by atoms with Crippen molar-refractivity contribution in [1.29, 1.82) is 0 Å². The van der Waals surface area contributed by atoms with Crippen molar-refractivity contribution in [2.24, 2.45) is 0 Å². The molecular formula is C12H12IN3. The summed E-state index contributed by atoms with van der Waals surface area (Å²) in [6, 6.07) is 6.11.